The van der Waals surface area contributed by atoms with Crippen LogP contribution in [-0.2, 0) is 78.3 Å². The van der Waals surface area contributed by atoms with Crippen molar-refractivity contribution in [2.75, 3.05) is 13.1 Å². The van der Waals surface area contributed by atoms with Crippen LogP contribution in [-0.4, -0.2) is 191 Å². The molecule has 2 saturated heterocycles. The molecular weight excluding hydrogens is 1390 g/mol. The van der Waals surface area contributed by atoms with Gasteiger partial charge in [0.05, 0.1) is 6.10 Å². The van der Waals surface area contributed by atoms with Crippen LogP contribution in [0.3, 0.4) is 0 Å². The summed E-state index contributed by atoms with van der Waals surface area (Å²) in [5, 5.41) is 43.3. The Hall–Kier alpha value is -8.25. The van der Waals surface area contributed by atoms with Crippen LogP contribution in [0.25, 0.3) is 0 Å². The topological polar surface area (TPSA) is 442 Å². The fourth-order valence-electron chi connectivity index (χ4n) is 12.2. The number of nitrogens with zero attached hydrogens (tertiary/aromatic N) is 1. The number of rotatable bonds is 33. The highest BCUT2D eigenvalue weighted by atomic mass is 35.5. The highest BCUT2D eigenvalue weighted by Gasteiger charge is 2.45. The molecule has 0 radical (unpaired) electrons. The van der Waals surface area contributed by atoms with Crippen LogP contribution < -0.4 is 69.5 Å². The molecule has 3 rings (SSSR count). The van der Waals surface area contributed by atoms with Gasteiger partial charge in [-0.05, 0) is 118 Å². The van der Waals surface area contributed by atoms with E-state index < -0.39 is 203 Å². The molecule has 0 aromatic heterocycles. The lowest BCUT2D eigenvalue weighted by Gasteiger charge is -2.33. The Morgan fingerprint density at radius 1 is 0.632 bits per heavy atom. The molecule has 1 aromatic rings. The summed E-state index contributed by atoms with van der Waals surface area (Å²) in [5.41, 5.74) is 6.12. The molecule has 16 atom stereocenters. The molecule has 15 N–H and O–H groups in total. The summed E-state index contributed by atoms with van der Waals surface area (Å²) in [4.78, 5) is 202. The molecule has 0 aliphatic carbocycles. The summed E-state index contributed by atoms with van der Waals surface area (Å²) in [6.45, 7) is 31.6. The maximum atomic E-state index is 15.1. The van der Waals surface area contributed by atoms with Crippen LogP contribution in [0.5, 0.6) is 0 Å². The van der Waals surface area contributed by atoms with Gasteiger partial charge in [0.15, 0.2) is 0 Å². The Labute approximate surface area is 630 Å². The standard InChI is InChI=1S/C75H123ClN14O16/c1-20-43(16)59(71(101)89-62-46(19)106-75(105)58(42(14)15)85-63(93)49(22-3)78-65(95)51(36-47-29-23-24-30-48(47)76)80-67(97)55(39(8)9)82-70(100)60(44(17)21-2)87-73(62)103)86-64(94)50(31-26-34-77)79-66(96)52-32-27-35-90(52)74(104)57(41(12)13)84-69(99)56(40(10)11)83-72(102)61(45(18)91)88-68(98)54(38(6)7)81-53(92)33-25-28-37(4)5/h22-24,29-30,37-46,50-52,54-62,91H,20-21,25-28,31-36,77H2,1-19H3,(H,78,95)(H,79,96)(H,80,97)(H,81,92)(H,82,100)(H,83,102)(H,84,99)(H,85,93)(H,86,94)(H,87,103)(H,88,98)(H,89,101)/b49-22-/t43-,44+,45-,46+,50+,51-,52-,54-,55-,56+,57-,58+,59+,60-,61-,62-/m1/s1. The van der Waals surface area contributed by atoms with Crippen molar-refractivity contribution in [3.05, 3.63) is 46.6 Å². The van der Waals surface area contributed by atoms with Crippen LogP contribution in [0.2, 0.25) is 5.02 Å². The van der Waals surface area contributed by atoms with E-state index in [2.05, 4.69) is 63.8 Å². The molecule has 30 nitrogen and oxygen atoms in total. The van der Waals surface area contributed by atoms with E-state index in [9.17, 15) is 62.6 Å². The van der Waals surface area contributed by atoms with Crippen molar-refractivity contribution in [1.29, 1.82) is 0 Å². The van der Waals surface area contributed by atoms with Crippen molar-refractivity contribution in [2.45, 2.75) is 280 Å². The lowest BCUT2D eigenvalue weighted by atomic mass is 9.95. The largest absolute Gasteiger partial charge is 0.458 e. The lowest BCUT2D eigenvalue weighted by molar-refractivity contribution is -0.157. The van der Waals surface area contributed by atoms with Gasteiger partial charge in [-0.3, -0.25) is 62.3 Å². The number of aliphatic hydroxyl groups excluding tert-OH is 1. The molecule has 0 spiro atoms. The Balaban J connectivity index is 2.01. The van der Waals surface area contributed by atoms with E-state index in [0.717, 1.165) is 6.42 Å². The number of carbonyl (C=O) groups is 14. The predicted molar refractivity (Wildman–Crippen MR) is 400 cm³/mol. The first-order valence-corrected chi connectivity index (χ1v) is 38.0. The monoisotopic (exact) mass is 1510 g/mol. The first-order valence-electron chi connectivity index (χ1n) is 37.6. The second-order valence-corrected chi connectivity index (χ2v) is 30.7. The van der Waals surface area contributed by atoms with Crippen molar-refractivity contribution >= 4 is 94.4 Å². The number of ether oxygens (including phenoxy) is 1. The van der Waals surface area contributed by atoms with Crippen LogP contribution >= 0.6 is 11.6 Å². The van der Waals surface area contributed by atoms with Crippen molar-refractivity contribution < 1.29 is 77.0 Å². The molecule has 1 aromatic carbocycles. The minimum absolute atomic E-state index is 0.0569. The van der Waals surface area contributed by atoms with Gasteiger partial charge in [0.1, 0.15) is 84.3 Å². The van der Waals surface area contributed by atoms with Crippen LogP contribution in [0.1, 0.15) is 195 Å². The Kier molecular flexibility index (Phi) is 38.3. The number of amides is 13. The zero-order valence-electron chi connectivity index (χ0n) is 65.5. The third-order valence-corrected chi connectivity index (χ3v) is 19.7. The van der Waals surface area contributed by atoms with Crippen molar-refractivity contribution in [3.63, 3.8) is 0 Å². The molecule has 596 valence electrons. The number of hydrogen-bond donors (Lipinski definition) is 14. The lowest BCUT2D eigenvalue weighted by Crippen LogP contribution is -2.64. The van der Waals surface area contributed by atoms with Crippen molar-refractivity contribution in [2.24, 2.45) is 53.1 Å². The zero-order valence-corrected chi connectivity index (χ0v) is 66.3. The number of allylic oxidation sites excluding steroid dienone is 1. The third-order valence-electron chi connectivity index (χ3n) is 19.4. The van der Waals surface area contributed by atoms with Gasteiger partial charge < -0.3 is 84.3 Å². The number of nitrogens with two attached hydrogens (primary N) is 1. The molecule has 13 amide bonds. The van der Waals surface area contributed by atoms with Gasteiger partial charge in [0.25, 0.3) is 5.91 Å². The summed E-state index contributed by atoms with van der Waals surface area (Å²) < 4.78 is 5.96. The summed E-state index contributed by atoms with van der Waals surface area (Å²) in [5.74, 6) is -15.4. The molecule has 2 aliphatic heterocycles. The van der Waals surface area contributed by atoms with E-state index in [1.54, 1.807) is 121 Å². The summed E-state index contributed by atoms with van der Waals surface area (Å²) in [6, 6.07) is -10.0. The quantitative estimate of drug-likeness (QED) is 0.0355. The molecule has 0 bridgehead atoms. The number of benzene rings is 1. The van der Waals surface area contributed by atoms with E-state index in [-0.39, 0.29) is 68.2 Å². The summed E-state index contributed by atoms with van der Waals surface area (Å²) in [6.07, 6.45) is 0.819. The first-order chi connectivity index (χ1) is 49.7. The van der Waals surface area contributed by atoms with Crippen molar-refractivity contribution in [3.8, 4) is 0 Å². The summed E-state index contributed by atoms with van der Waals surface area (Å²) >= 11 is 6.53. The number of aliphatic hydroxyl groups is 1. The molecule has 2 aliphatic rings. The maximum Gasteiger partial charge on any atom is 0.329 e. The minimum atomic E-state index is -1.84. The number of esters is 1. The highest BCUT2D eigenvalue weighted by molar-refractivity contribution is 6.31. The fourth-order valence-corrected chi connectivity index (χ4v) is 12.4. The Morgan fingerprint density at radius 2 is 1.18 bits per heavy atom. The van der Waals surface area contributed by atoms with E-state index in [1.807, 2.05) is 13.8 Å². The first kappa shape index (κ1) is 92.0. The second-order valence-electron chi connectivity index (χ2n) is 30.3. The molecular formula is C75H123ClN14O16. The highest BCUT2D eigenvalue weighted by Crippen LogP contribution is 2.24. The molecule has 0 unspecified atom stereocenters. The zero-order chi connectivity index (χ0) is 80.3. The average molecular weight is 1510 g/mol. The van der Waals surface area contributed by atoms with Gasteiger partial charge in [0.2, 0.25) is 70.9 Å². The SMILES string of the molecule is C/C=C1\NC(=O)[C@@H](Cc2ccccc2Cl)NC(=O)[C@@H](C(C)C)NC(=O)[C@@H]([C@@H](C)CC)NC(=O)[C@H](NC(=O)[C@@H](NC(=O)[C@H](CCCN)NC(=O)[C@H]2CCCN2C(=O)[C@H](NC(=O)[C@@H](NC(=O)[C@H](NC(=O)[C@H](NC(=O)CCCC(C)C)C(C)C)[C@@H](C)O)C(C)C)C(C)C)[C@H](C)CC)[C@H](C)OC(=O)[C@H](C(C)C)NC1=O. The van der Waals surface area contributed by atoms with Crippen LogP contribution in [0.15, 0.2) is 36.0 Å². The molecule has 2 heterocycles. The smallest absolute Gasteiger partial charge is 0.329 e. The second kappa shape index (κ2) is 44.1. The number of likely N-dealkylation sites (tertiary alicyclic amines) is 1. The summed E-state index contributed by atoms with van der Waals surface area (Å²) in [7, 11) is 0. The van der Waals surface area contributed by atoms with Crippen LogP contribution in [0.4, 0.5) is 0 Å². The van der Waals surface area contributed by atoms with Crippen LogP contribution in [0, 0.1) is 47.3 Å². The van der Waals surface area contributed by atoms with Gasteiger partial charge in [-0.15, -0.1) is 0 Å². The maximum absolute atomic E-state index is 15.1. The van der Waals surface area contributed by atoms with E-state index in [4.69, 9.17) is 22.1 Å². The third kappa shape index (κ3) is 27.5. The Morgan fingerprint density at radius 3 is 1.72 bits per heavy atom. The normalized spacial score (nSPS) is 22.5. The fraction of sp³-hybridized carbons (Fsp3) is 0.707. The van der Waals surface area contributed by atoms with Gasteiger partial charge in [-0.1, -0.05) is 166 Å². The Bertz CT molecular complexity index is 3240. The number of halogens is 1. The molecule has 2 fully saturated rings. The molecule has 106 heavy (non-hydrogen) atoms. The number of hydrogen-bond acceptors (Lipinski definition) is 17. The number of cyclic esters (lactones) is 1. The van der Waals surface area contributed by atoms with Crippen molar-refractivity contribution in [1.82, 2.24) is 68.7 Å². The van der Waals surface area contributed by atoms with E-state index in [1.165, 1.54) is 31.7 Å². The average Bonchev–Trinajstić information content (AvgIpc) is 1.69. The number of carbonyl (C=O) groups excluding carboxylic acids is 14. The molecule has 31 heteroatoms. The molecule has 0 saturated carbocycles. The predicted octanol–water partition coefficient (Wildman–Crippen LogP) is 2.49. The van der Waals surface area contributed by atoms with Gasteiger partial charge in [0, 0.05) is 24.4 Å². The van der Waals surface area contributed by atoms with Gasteiger partial charge >= 0.3 is 5.97 Å². The minimum Gasteiger partial charge on any atom is -0.458 e. The van der Waals surface area contributed by atoms with Gasteiger partial charge in [-0.2, -0.15) is 0 Å². The number of nitrogens with one attached hydrogen (secondary N) is 12. The van der Waals surface area contributed by atoms with E-state index in [0.29, 0.717) is 30.7 Å². The van der Waals surface area contributed by atoms with E-state index >= 15 is 9.59 Å². The van der Waals surface area contributed by atoms with Gasteiger partial charge in [-0.25, -0.2) is 4.79 Å².